The number of rotatable bonds is 6. The monoisotopic (exact) mass is 235 g/mol. The minimum Gasteiger partial charge on any atom is -0.337 e. The zero-order valence-corrected chi connectivity index (χ0v) is 10.6. The third-order valence-electron chi connectivity index (χ3n) is 2.74. The van der Waals surface area contributed by atoms with E-state index in [1.807, 2.05) is 36.9 Å². The summed E-state index contributed by atoms with van der Waals surface area (Å²) < 4.78 is 0. The fourth-order valence-electron chi connectivity index (χ4n) is 1.57. The van der Waals surface area contributed by atoms with Crippen LogP contribution >= 0.6 is 0 Å². The Kier molecular flexibility index (Phi) is 5.63. The number of nitrogens with two attached hydrogens (primary N) is 1. The molecule has 0 saturated carbocycles. The van der Waals surface area contributed by atoms with E-state index in [9.17, 15) is 4.79 Å². The highest BCUT2D eigenvalue weighted by atomic mass is 16.2. The Balaban J connectivity index is 2.56. The quantitative estimate of drug-likeness (QED) is 0.811. The van der Waals surface area contributed by atoms with Gasteiger partial charge >= 0.3 is 0 Å². The summed E-state index contributed by atoms with van der Waals surface area (Å²) in [5, 5.41) is 0. The van der Waals surface area contributed by atoms with Crippen LogP contribution in [-0.2, 0) is 11.3 Å². The summed E-state index contributed by atoms with van der Waals surface area (Å²) in [6.45, 7) is 5.80. The fourth-order valence-corrected chi connectivity index (χ4v) is 1.57. The van der Waals surface area contributed by atoms with Crippen molar-refractivity contribution in [2.45, 2.75) is 26.8 Å². The Labute approximate surface area is 103 Å². The number of aromatic nitrogens is 1. The highest BCUT2D eigenvalue weighted by Crippen LogP contribution is 2.07. The number of amides is 1. The van der Waals surface area contributed by atoms with Crippen molar-refractivity contribution in [3.63, 3.8) is 0 Å². The SMILES string of the molecule is CCN(Cc1ccccn1)C(=O)CC(C)CN. The molecule has 4 nitrogen and oxygen atoms in total. The first-order valence-electron chi connectivity index (χ1n) is 6.05. The molecule has 0 fully saturated rings. The van der Waals surface area contributed by atoms with E-state index >= 15 is 0 Å². The van der Waals surface area contributed by atoms with Crippen molar-refractivity contribution in [1.29, 1.82) is 0 Å². The maximum atomic E-state index is 12.0. The summed E-state index contributed by atoms with van der Waals surface area (Å²) in [5.74, 6) is 0.386. The second kappa shape index (κ2) is 7.01. The number of carbonyl (C=O) groups excluding carboxylic acids is 1. The molecule has 94 valence electrons. The zero-order valence-electron chi connectivity index (χ0n) is 10.6. The molecule has 4 heteroatoms. The summed E-state index contributed by atoms with van der Waals surface area (Å²) in [7, 11) is 0. The molecule has 1 amide bonds. The summed E-state index contributed by atoms with van der Waals surface area (Å²) in [5.41, 5.74) is 6.45. The molecular formula is C13H21N3O. The molecule has 1 unspecified atom stereocenters. The molecule has 1 atom stereocenters. The van der Waals surface area contributed by atoms with Crippen LogP contribution in [0.1, 0.15) is 26.0 Å². The molecule has 17 heavy (non-hydrogen) atoms. The third-order valence-corrected chi connectivity index (χ3v) is 2.74. The Bertz CT molecular complexity index is 340. The van der Waals surface area contributed by atoms with Gasteiger partial charge in [-0.25, -0.2) is 0 Å². The van der Waals surface area contributed by atoms with E-state index in [1.165, 1.54) is 0 Å². The van der Waals surface area contributed by atoms with Crippen LogP contribution < -0.4 is 5.73 Å². The van der Waals surface area contributed by atoms with Crippen LogP contribution in [0.15, 0.2) is 24.4 Å². The molecule has 1 heterocycles. The maximum Gasteiger partial charge on any atom is 0.223 e. The molecule has 0 bridgehead atoms. The van der Waals surface area contributed by atoms with Gasteiger partial charge in [-0.15, -0.1) is 0 Å². The predicted octanol–water partition coefficient (Wildman–Crippen LogP) is 1.41. The van der Waals surface area contributed by atoms with Gasteiger partial charge in [0.15, 0.2) is 0 Å². The van der Waals surface area contributed by atoms with Gasteiger partial charge in [-0.3, -0.25) is 9.78 Å². The minimum atomic E-state index is 0.149. The lowest BCUT2D eigenvalue weighted by Crippen LogP contribution is -2.32. The molecule has 1 rings (SSSR count). The number of hydrogen-bond acceptors (Lipinski definition) is 3. The van der Waals surface area contributed by atoms with E-state index in [0.717, 1.165) is 5.69 Å². The van der Waals surface area contributed by atoms with Crippen LogP contribution in [0.2, 0.25) is 0 Å². The molecule has 0 radical (unpaired) electrons. The van der Waals surface area contributed by atoms with Gasteiger partial charge in [-0.1, -0.05) is 13.0 Å². The van der Waals surface area contributed by atoms with E-state index in [4.69, 9.17) is 5.73 Å². The molecule has 1 aromatic heterocycles. The van der Waals surface area contributed by atoms with Gasteiger partial charge in [0.2, 0.25) is 5.91 Å². The lowest BCUT2D eigenvalue weighted by molar-refractivity contribution is -0.132. The van der Waals surface area contributed by atoms with Crippen molar-refractivity contribution in [1.82, 2.24) is 9.88 Å². The molecule has 1 aromatic rings. The first-order chi connectivity index (χ1) is 8.17. The van der Waals surface area contributed by atoms with E-state index < -0.39 is 0 Å². The topological polar surface area (TPSA) is 59.2 Å². The molecule has 0 saturated heterocycles. The smallest absolute Gasteiger partial charge is 0.223 e. The average molecular weight is 235 g/mol. The van der Waals surface area contributed by atoms with Gasteiger partial charge in [0.05, 0.1) is 12.2 Å². The van der Waals surface area contributed by atoms with E-state index in [0.29, 0.717) is 26.1 Å². The lowest BCUT2D eigenvalue weighted by Gasteiger charge is -2.22. The molecule has 2 N–H and O–H groups in total. The summed E-state index contributed by atoms with van der Waals surface area (Å²) in [6.07, 6.45) is 2.26. The lowest BCUT2D eigenvalue weighted by atomic mass is 10.1. The first kappa shape index (κ1) is 13.6. The second-order valence-electron chi connectivity index (χ2n) is 4.27. The fraction of sp³-hybridized carbons (Fsp3) is 0.538. The minimum absolute atomic E-state index is 0.149. The van der Waals surface area contributed by atoms with Crippen LogP contribution in [0, 0.1) is 5.92 Å². The van der Waals surface area contributed by atoms with Crippen molar-refractivity contribution < 1.29 is 4.79 Å². The average Bonchev–Trinajstić information content (AvgIpc) is 2.36. The van der Waals surface area contributed by atoms with Crippen LogP contribution in [0.4, 0.5) is 0 Å². The highest BCUT2D eigenvalue weighted by Gasteiger charge is 2.15. The highest BCUT2D eigenvalue weighted by molar-refractivity contribution is 5.76. The van der Waals surface area contributed by atoms with E-state index in [2.05, 4.69) is 4.98 Å². The first-order valence-corrected chi connectivity index (χ1v) is 6.05. The molecule has 0 spiro atoms. The van der Waals surface area contributed by atoms with Crippen LogP contribution in [0.5, 0.6) is 0 Å². The third kappa shape index (κ3) is 4.53. The van der Waals surface area contributed by atoms with Crippen molar-refractivity contribution in [3.8, 4) is 0 Å². The molecule has 0 aromatic carbocycles. The normalized spacial score (nSPS) is 12.2. The van der Waals surface area contributed by atoms with Crippen molar-refractivity contribution in [2.24, 2.45) is 11.7 Å². The van der Waals surface area contributed by atoms with Crippen molar-refractivity contribution in [3.05, 3.63) is 30.1 Å². The van der Waals surface area contributed by atoms with E-state index in [1.54, 1.807) is 6.20 Å². The Morgan fingerprint density at radius 2 is 2.29 bits per heavy atom. The Morgan fingerprint density at radius 1 is 1.53 bits per heavy atom. The van der Waals surface area contributed by atoms with Gasteiger partial charge in [-0.05, 0) is 31.5 Å². The molecule has 0 aliphatic rings. The van der Waals surface area contributed by atoms with Gasteiger partial charge < -0.3 is 10.6 Å². The summed E-state index contributed by atoms with van der Waals surface area (Å²) >= 11 is 0. The molecule has 0 aliphatic heterocycles. The van der Waals surface area contributed by atoms with Gasteiger partial charge in [0.1, 0.15) is 0 Å². The molecular weight excluding hydrogens is 214 g/mol. The number of carbonyl (C=O) groups is 1. The van der Waals surface area contributed by atoms with Crippen LogP contribution in [-0.4, -0.2) is 28.9 Å². The van der Waals surface area contributed by atoms with Gasteiger partial charge in [0, 0.05) is 19.2 Å². The predicted molar refractivity (Wildman–Crippen MR) is 68.2 cm³/mol. The number of hydrogen-bond donors (Lipinski definition) is 1. The van der Waals surface area contributed by atoms with Gasteiger partial charge in [-0.2, -0.15) is 0 Å². The molecule has 0 aliphatic carbocycles. The van der Waals surface area contributed by atoms with E-state index in [-0.39, 0.29) is 11.8 Å². The standard InChI is InChI=1S/C13H21N3O/c1-3-16(13(17)8-11(2)9-14)10-12-6-4-5-7-15-12/h4-7,11H,3,8-10,14H2,1-2H3. The Hall–Kier alpha value is -1.42. The van der Waals surface area contributed by atoms with Crippen molar-refractivity contribution in [2.75, 3.05) is 13.1 Å². The number of nitrogens with zero attached hydrogens (tertiary/aromatic N) is 2. The summed E-state index contributed by atoms with van der Waals surface area (Å²) in [6, 6.07) is 5.74. The largest absolute Gasteiger partial charge is 0.337 e. The summed E-state index contributed by atoms with van der Waals surface area (Å²) in [4.78, 5) is 18.0. The zero-order chi connectivity index (χ0) is 12.7. The van der Waals surface area contributed by atoms with Crippen LogP contribution in [0.3, 0.4) is 0 Å². The van der Waals surface area contributed by atoms with Gasteiger partial charge in [0.25, 0.3) is 0 Å². The van der Waals surface area contributed by atoms with Crippen LogP contribution in [0.25, 0.3) is 0 Å². The Morgan fingerprint density at radius 3 is 2.82 bits per heavy atom. The number of pyridine rings is 1. The van der Waals surface area contributed by atoms with Crippen molar-refractivity contribution >= 4 is 5.91 Å². The second-order valence-corrected chi connectivity index (χ2v) is 4.27. The maximum absolute atomic E-state index is 12.0.